The summed E-state index contributed by atoms with van der Waals surface area (Å²) in [5, 5.41) is 11.0. The van der Waals surface area contributed by atoms with Crippen LogP contribution in [-0.4, -0.2) is 72.0 Å². The summed E-state index contributed by atoms with van der Waals surface area (Å²) < 4.78 is 35.2. The van der Waals surface area contributed by atoms with E-state index in [1.54, 1.807) is 61.5 Å². The second-order valence-electron chi connectivity index (χ2n) is 10.9. The van der Waals surface area contributed by atoms with Crippen molar-refractivity contribution < 1.29 is 52.4 Å². The Morgan fingerprint density at radius 1 is 0.820 bits per heavy atom. The maximum absolute atomic E-state index is 14.1. The maximum Gasteiger partial charge on any atom is 0.340 e. The number of esters is 5. The van der Waals surface area contributed by atoms with Gasteiger partial charge in [-0.25, -0.2) is 4.79 Å². The molecule has 50 heavy (non-hydrogen) atoms. The van der Waals surface area contributed by atoms with Gasteiger partial charge in [-0.1, -0.05) is 66.3 Å². The van der Waals surface area contributed by atoms with Gasteiger partial charge in [0.15, 0.2) is 24.5 Å². The van der Waals surface area contributed by atoms with Gasteiger partial charge in [0, 0.05) is 38.3 Å². The normalized spacial score (nSPS) is 19.7. The number of nitriles is 1. The topological polar surface area (TPSA) is 169 Å². The molecule has 2 aromatic carbocycles. The molecule has 3 aromatic rings. The number of hydrogen-bond acceptors (Lipinski definition) is 13. The van der Waals surface area contributed by atoms with Gasteiger partial charge in [-0.05, 0) is 30.2 Å². The van der Waals surface area contributed by atoms with Gasteiger partial charge in [0.2, 0.25) is 0 Å². The molecule has 0 bridgehead atoms. The molecule has 0 saturated carbocycles. The molecule has 262 valence electrons. The van der Waals surface area contributed by atoms with Crippen LogP contribution in [0.2, 0.25) is 5.02 Å². The van der Waals surface area contributed by atoms with Crippen LogP contribution in [-0.2, 0) is 47.6 Å². The predicted octanol–water partition coefficient (Wildman–Crippen LogP) is 5.51. The number of ether oxygens (including phenoxy) is 6. The minimum Gasteiger partial charge on any atom is -0.463 e. The van der Waals surface area contributed by atoms with Crippen LogP contribution >= 0.6 is 23.8 Å². The van der Waals surface area contributed by atoms with Gasteiger partial charge < -0.3 is 28.4 Å². The minimum absolute atomic E-state index is 0.0380. The zero-order valence-electron chi connectivity index (χ0n) is 27.7. The first-order valence-corrected chi connectivity index (χ1v) is 16.1. The summed E-state index contributed by atoms with van der Waals surface area (Å²) in [6, 6.07) is 17.0. The van der Waals surface area contributed by atoms with Crippen LogP contribution in [0.3, 0.4) is 0 Å². The Balaban J connectivity index is 2.20. The number of pyridine rings is 1. The molecule has 1 aliphatic rings. The lowest BCUT2D eigenvalue weighted by atomic mass is 9.90. The highest BCUT2D eigenvalue weighted by Crippen LogP contribution is 2.43. The molecule has 0 amide bonds. The molecular formula is C35H33ClN2O11S. The van der Waals surface area contributed by atoms with Crippen LogP contribution in [0.4, 0.5) is 0 Å². The SMILES string of the molecule is CCOC(=O)c1c(-c2ccc(Cl)cc2)c(C#N)c(=S)n([C@@H]2O[C@@H](COC(C)=O)[C@@H](OC(C)=O)[C@@H](OC(C)=O)[C@H]2OC(C)=O)c1-c1ccccc1. The molecule has 1 fully saturated rings. The molecule has 1 aromatic heterocycles. The lowest BCUT2D eigenvalue weighted by molar-refractivity contribution is -0.268. The third-order valence-corrected chi connectivity index (χ3v) is 8.06. The molecule has 13 nitrogen and oxygen atoms in total. The number of benzene rings is 2. The van der Waals surface area contributed by atoms with Crippen LogP contribution in [0.25, 0.3) is 22.4 Å². The maximum atomic E-state index is 14.1. The van der Waals surface area contributed by atoms with E-state index in [0.717, 1.165) is 27.7 Å². The Bertz CT molecular complexity index is 1890. The van der Waals surface area contributed by atoms with E-state index >= 15 is 0 Å². The molecular weight excluding hydrogens is 692 g/mol. The van der Waals surface area contributed by atoms with E-state index in [2.05, 4.69) is 6.07 Å². The highest BCUT2D eigenvalue weighted by atomic mass is 35.5. The number of carbonyl (C=O) groups is 5. The largest absolute Gasteiger partial charge is 0.463 e. The summed E-state index contributed by atoms with van der Waals surface area (Å²) in [5.74, 6) is -4.04. The average Bonchev–Trinajstić information content (AvgIpc) is 3.05. The van der Waals surface area contributed by atoms with Gasteiger partial charge >= 0.3 is 29.8 Å². The Labute approximate surface area is 297 Å². The molecule has 2 heterocycles. The Morgan fingerprint density at radius 3 is 1.94 bits per heavy atom. The number of halogens is 1. The number of carbonyl (C=O) groups excluding carboxylic acids is 5. The van der Waals surface area contributed by atoms with E-state index in [1.165, 1.54) is 4.57 Å². The molecule has 1 saturated heterocycles. The molecule has 0 N–H and O–H groups in total. The summed E-state index contributed by atoms with van der Waals surface area (Å²) >= 11 is 12.2. The lowest BCUT2D eigenvalue weighted by Gasteiger charge is -2.45. The number of nitrogens with zero attached hydrogens (tertiary/aromatic N) is 2. The van der Waals surface area contributed by atoms with E-state index in [4.69, 9.17) is 52.2 Å². The quantitative estimate of drug-likeness (QED) is 0.146. The fourth-order valence-electron chi connectivity index (χ4n) is 5.64. The molecule has 0 spiro atoms. The summed E-state index contributed by atoms with van der Waals surface area (Å²) in [7, 11) is 0. The van der Waals surface area contributed by atoms with E-state index in [1.807, 2.05) is 0 Å². The van der Waals surface area contributed by atoms with Crippen LogP contribution in [0.1, 0.15) is 56.8 Å². The average molecular weight is 725 g/mol. The first-order valence-electron chi connectivity index (χ1n) is 15.3. The van der Waals surface area contributed by atoms with Crippen LogP contribution < -0.4 is 0 Å². The molecule has 0 radical (unpaired) electrons. The van der Waals surface area contributed by atoms with Gasteiger partial charge in [-0.15, -0.1) is 0 Å². The van der Waals surface area contributed by atoms with Crippen molar-refractivity contribution in [1.82, 2.24) is 4.57 Å². The number of hydrogen-bond donors (Lipinski definition) is 0. The first-order chi connectivity index (χ1) is 23.8. The second-order valence-corrected chi connectivity index (χ2v) is 11.8. The lowest BCUT2D eigenvalue weighted by Crippen LogP contribution is -2.60. The predicted molar refractivity (Wildman–Crippen MR) is 179 cm³/mol. The van der Waals surface area contributed by atoms with Crippen molar-refractivity contribution in [1.29, 1.82) is 5.26 Å². The van der Waals surface area contributed by atoms with Gasteiger partial charge in [0.1, 0.15) is 23.4 Å². The third kappa shape index (κ3) is 8.36. The Morgan fingerprint density at radius 2 is 1.40 bits per heavy atom. The molecule has 15 heteroatoms. The van der Waals surface area contributed by atoms with Crippen molar-refractivity contribution in [3.8, 4) is 28.5 Å². The first kappa shape index (κ1) is 37.7. The molecule has 4 rings (SSSR count). The third-order valence-electron chi connectivity index (χ3n) is 7.40. The van der Waals surface area contributed by atoms with Crippen molar-refractivity contribution >= 4 is 53.7 Å². The van der Waals surface area contributed by atoms with Crippen molar-refractivity contribution in [2.45, 2.75) is 65.3 Å². The summed E-state index contributed by atoms with van der Waals surface area (Å²) in [6.07, 6.45) is -7.55. The highest BCUT2D eigenvalue weighted by molar-refractivity contribution is 7.71. The zero-order chi connectivity index (χ0) is 36.7. The van der Waals surface area contributed by atoms with Gasteiger partial charge in [0.25, 0.3) is 0 Å². The van der Waals surface area contributed by atoms with Gasteiger partial charge in [0.05, 0.1) is 23.4 Å². The summed E-state index contributed by atoms with van der Waals surface area (Å²) in [6.45, 7) is 5.50. The summed E-state index contributed by atoms with van der Waals surface area (Å²) in [4.78, 5) is 63.5. The van der Waals surface area contributed by atoms with Gasteiger partial charge in [-0.3, -0.25) is 23.7 Å². The fourth-order valence-corrected chi connectivity index (χ4v) is 6.11. The van der Waals surface area contributed by atoms with Gasteiger partial charge in [-0.2, -0.15) is 5.26 Å². The molecule has 0 aliphatic carbocycles. The summed E-state index contributed by atoms with van der Waals surface area (Å²) in [5.41, 5.74) is 0.767. The minimum atomic E-state index is -1.61. The van der Waals surface area contributed by atoms with Crippen molar-refractivity contribution in [3.05, 3.63) is 75.4 Å². The molecule has 1 aliphatic heterocycles. The van der Waals surface area contributed by atoms with Crippen molar-refractivity contribution in [2.75, 3.05) is 13.2 Å². The van der Waals surface area contributed by atoms with E-state index in [0.29, 0.717) is 16.1 Å². The molecule has 5 atom stereocenters. The van der Waals surface area contributed by atoms with E-state index in [9.17, 15) is 29.2 Å². The van der Waals surface area contributed by atoms with Crippen molar-refractivity contribution in [2.24, 2.45) is 0 Å². The zero-order valence-corrected chi connectivity index (χ0v) is 29.2. The van der Waals surface area contributed by atoms with Crippen LogP contribution in [0.15, 0.2) is 54.6 Å². The standard InChI is InChI=1S/C35H33ClN2O11S/c1-6-44-35(43)28-27(22-12-14-24(36)15-13-22)25(16-37)34(50)38(29(28)23-10-8-7-9-11-23)33-32(48-21(5)42)31(47-20(4)41)30(46-19(3)40)26(49-33)17-45-18(2)39/h7-15,26,30-33H,6,17H2,1-5H3/t26-,30+,31+,32+,33+/m0/s1. The molecule has 0 unspecified atom stereocenters. The Hall–Kier alpha value is -5.10. The Kier molecular flexibility index (Phi) is 12.5. The second kappa shape index (κ2) is 16.5. The van der Waals surface area contributed by atoms with E-state index < -0.39 is 67.1 Å². The monoisotopic (exact) mass is 724 g/mol. The number of rotatable bonds is 10. The smallest absolute Gasteiger partial charge is 0.340 e. The van der Waals surface area contributed by atoms with E-state index in [-0.39, 0.29) is 33.6 Å². The van der Waals surface area contributed by atoms with Crippen molar-refractivity contribution in [3.63, 3.8) is 0 Å². The van der Waals surface area contributed by atoms with Crippen LogP contribution in [0, 0.1) is 16.0 Å². The fraction of sp³-hybridized carbons (Fsp3) is 0.343. The van der Waals surface area contributed by atoms with Crippen LogP contribution in [0.5, 0.6) is 0 Å². The number of aromatic nitrogens is 1. The highest BCUT2D eigenvalue weighted by Gasteiger charge is 2.53.